The molecule has 4 N–H and O–H groups in total. The third-order valence-corrected chi connectivity index (χ3v) is 4.99. The monoisotopic (exact) mass is 400 g/mol. The van der Waals surface area contributed by atoms with Crippen LogP contribution in [0.2, 0.25) is 0 Å². The number of nitrogens with two attached hydrogens (primary N) is 2. The quantitative estimate of drug-likeness (QED) is 0.620. The van der Waals surface area contributed by atoms with Gasteiger partial charge in [0.2, 0.25) is 5.88 Å². The van der Waals surface area contributed by atoms with Crippen molar-refractivity contribution in [2.45, 2.75) is 32.7 Å². The van der Waals surface area contributed by atoms with Crippen LogP contribution in [0.4, 0.5) is 4.79 Å². The summed E-state index contributed by atoms with van der Waals surface area (Å²) in [6.07, 6.45) is 1.53. The number of nitrogens with zero attached hydrogens (tertiary/aromatic N) is 2. The van der Waals surface area contributed by atoms with E-state index >= 15 is 0 Å². The van der Waals surface area contributed by atoms with E-state index in [-0.39, 0.29) is 5.88 Å². The van der Waals surface area contributed by atoms with Gasteiger partial charge in [-0.25, -0.2) is 14.8 Å². The molecule has 148 valence electrons. The van der Waals surface area contributed by atoms with Gasteiger partial charge >= 0.3 is 6.09 Å². The van der Waals surface area contributed by atoms with Gasteiger partial charge in [0.1, 0.15) is 17.9 Å². The van der Waals surface area contributed by atoms with Crippen molar-refractivity contribution in [3.63, 3.8) is 0 Å². The van der Waals surface area contributed by atoms with Crippen LogP contribution in [0.1, 0.15) is 27.2 Å². The fraction of sp³-hybridized carbons (Fsp3) is 0.350. The van der Waals surface area contributed by atoms with E-state index < -0.39 is 11.6 Å². The second-order valence-corrected chi connectivity index (χ2v) is 8.34. The molecule has 7 nitrogen and oxygen atoms in total. The molecule has 0 aliphatic carbocycles. The van der Waals surface area contributed by atoms with Gasteiger partial charge in [0.05, 0.1) is 10.2 Å². The fourth-order valence-corrected chi connectivity index (χ4v) is 4.08. The van der Waals surface area contributed by atoms with Gasteiger partial charge in [-0.15, -0.1) is 11.3 Å². The van der Waals surface area contributed by atoms with Crippen molar-refractivity contribution in [3.8, 4) is 22.8 Å². The number of hydrogen-bond acceptors (Lipinski definition) is 7. The molecule has 1 atom stereocenters. The molecule has 3 rings (SSSR count). The minimum atomic E-state index is -0.900. The number of primary amides is 1. The summed E-state index contributed by atoms with van der Waals surface area (Å²) in [6.45, 7) is 6.69. The highest BCUT2D eigenvalue weighted by Gasteiger charge is 2.22. The van der Waals surface area contributed by atoms with Gasteiger partial charge in [0.15, 0.2) is 0 Å². The largest absolute Gasteiger partial charge is 0.489 e. The van der Waals surface area contributed by atoms with Crippen LogP contribution in [0, 0.1) is 5.92 Å². The molecule has 1 amide bonds. The molecular weight excluding hydrogens is 376 g/mol. The average Bonchev–Trinajstić information content (AvgIpc) is 3.08. The summed E-state index contributed by atoms with van der Waals surface area (Å²) in [6, 6.07) is 7.34. The first-order valence-corrected chi connectivity index (χ1v) is 9.85. The number of aromatic nitrogens is 2. The Morgan fingerprint density at radius 1 is 1.29 bits per heavy atom. The maximum Gasteiger partial charge on any atom is 0.411 e. The van der Waals surface area contributed by atoms with Crippen LogP contribution in [0.3, 0.4) is 0 Å². The van der Waals surface area contributed by atoms with Gasteiger partial charge in [-0.3, -0.25) is 0 Å². The minimum Gasteiger partial charge on any atom is -0.489 e. The molecular formula is C20H24N4O3S. The first-order valence-electron chi connectivity index (χ1n) is 8.97. The van der Waals surface area contributed by atoms with E-state index in [4.69, 9.17) is 20.9 Å². The predicted molar refractivity (Wildman–Crippen MR) is 111 cm³/mol. The molecule has 1 aromatic carbocycles. The van der Waals surface area contributed by atoms with Gasteiger partial charge in [-0.2, -0.15) is 0 Å². The number of amides is 1. The number of fused-ring (bicyclic) bond motifs is 1. The molecule has 28 heavy (non-hydrogen) atoms. The number of benzene rings is 1. The zero-order chi connectivity index (χ0) is 20.3. The lowest BCUT2D eigenvalue weighted by Crippen LogP contribution is -2.43. The molecule has 8 heteroatoms. The fourth-order valence-electron chi connectivity index (χ4n) is 3.24. The number of carbonyl (C=O) groups excluding carboxylic acids is 1. The van der Waals surface area contributed by atoms with Crippen molar-refractivity contribution in [3.05, 3.63) is 36.0 Å². The number of hydrogen-bond donors (Lipinski definition) is 2. The lowest BCUT2D eigenvalue weighted by molar-refractivity contribution is 0.208. The highest BCUT2D eigenvalue weighted by Crippen LogP contribution is 2.37. The van der Waals surface area contributed by atoms with Crippen molar-refractivity contribution in [1.29, 1.82) is 0 Å². The lowest BCUT2D eigenvalue weighted by atomic mass is 9.93. The molecule has 0 radical (unpaired) electrons. The summed E-state index contributed by atoms with van der Waals surface area (Å²) in [5.41, 5.74) is 15.4. The maximum absolute atomic E-state index is 11.0. The Morgan fingerprint density at radius 3 is 2.79 bits per heavy atom. The summed E-state index contributed by atoms with van der Waals surface area (Å²) in [7, 11) is 0. The van der Waals surface area contributed by atoms with E-state index in [9.17, 15) is 4.79 Å². The van der Waals surface area contributed by atoms with Crippen LogP contribution in [0.15, 0.2) is 36.0 Å². The summed E-state index contributed by atoms with van der Waals surface area (Å²) >= 11 is 1.51. The van der Waals surface area contributed by atoms with Crippen LogP contribution in [0.5, 0.6) is 11.6 Å². The molecule has 0 aliphatic heterocycles. The van der Waals surface area contributed by atoms with Gasteiger partial charge in [0, 0.05) is 23.4 Å². The first-order chi connectivity index (χ1) is 13.2. The SMILES string of the molecule is CC(C)C[C@](C)(N)COc1ccc(-c2ccnc(OC(N)=O)c2)c2scnc12. The number of thiazole rings is 1. The Morgan fingerprint density at radius 2 is 2.07 bits per heavy atom. The first kappa shape index (κ1) is 20.0. The zero-order valence-corrected chi connectivity index (χ0v) is 17.0. The Kier molecular flexibility index (Phi) is 5.81. The molecule has 3 aromatic rings. The van der Waals surface area contributed by atoms with E-state index in [0.29, 0.717) is 18.3 Å². The smallest absolute Gasteiger partial charge is 0.411 e. The topological polar surface area (TPSA) is 113 Å². The number of rotatable bonds is 7. The summed E-state index contributed by atoms with van der Waals surface area (Å²) in [4.78, 5) is 19.4. The Labute approximate surface area is 167 Å². The van der Waals surface area contributed by atoms with Crippen molar-refractivity contribution < 1.29 is 14.3 Å². The molecule has 0 spiro atoms. The van der Waals surface area contributed by atoms with Crippen LogP contribution in [-0.2, 0) is 0 Å². The van der Waals surface area contributed by atoms with Crippen molar-refractivity contribution >= 4 is 27.6 Å². The third-order valence-electron chi connectivity index (χ3n) is 4.13. The third kappa shape index (κ3) is 4.76. The van der Waals surface area contributed by atoms with E-state index in [1.165, 1.54) is 11.3 Å². The van der Waals surface area contributed by atoms with E-state index in [0.717, 1.165) is 27.8 Å². The summed E-state index contributed by atoms with van der Waals surface area (Å²) in [5, 5.41) is 0. The highest BCUT2D eigenvalue weighted by molar-refractivity contribution is 7.17. The van der Waals surface area contributed by atoms with Crippen LogP contribution in [0.25, 0.3) is 21.3 Å². The summed E-state index contributed by atoms with van der Waals surface area (Å²) < 4.78 is 11.9. The van der Waals surface area contributed by atoms with Gasteiger partial charge in [-0.1, -0.05) is 13.8 Å². The van der Waals surface area contributed by atoms with Crippen molar-refractivity contribution in [1.82, 2.24) is 9.97 Å². The van der Waals surface area contributed by atoms with E-state index in [1.54, 1.807) is 17.8 Å². The maximum atomic E-state index is 11.0. The Bertz CT molecular complexity index is 984. The van der Waals surface area contributed by atoms with Gasteiger partial charge < -0.3 is 20.9 Å². The highest BCUT2D eigenvalue weighted by atomic mass is 32.1. The van der Waals surface area contributed by atoms with Gasteiger partial charge in [-0.05, 0) is 43.0 Å². The zero-order valence-electron chi connectivity index (χ0n) is 16.1. The van der Waals surface area contributed by atoms with Crippen LogP contribution < -0.4 is 20.9 Å². The molecule has 0 bridgehead atoms. The molecule has 0 aliphatic rings. The normalized spacial score (nSPS) is 13.5. The molecule has 0 fully saturated rings. The van der Waals surface area contributed by atoms with Gasteiger partial charge in [0.25, 0.3) is 0 Å². The molecule has 2 aromatic heterocycles. The van der Waals surface area contributed by atoms with E-state index in [1.807, 2.05) is 25.1 Å². The second kappa shape index (κ2) is 8.12. The molecule has 2 heterocycles. The Hall–Kier alpha value is -2.71. The lowest BCUT2D eigenvalue weighted by Gasteiger charge is -2.26. The standard InChI is InChI=1S/C20H24N4O3S/c1-12(2)9-20(3,22)10-26-15-5-4-14(18-17(15)24-11-28-18)13-6-7-23-16(8-13)27-19(21)25/h4-8,11-12H,9-10,22H2,1-3H3,(H2,21,25)/t20-/m0/s1. The number of pyridine rings is 1. The van der Waals surface area contributed by atoms with Crippen molar-refractivity contribution in [2.24, 2.45) is 17.4 Å². The second-order valence-electron chi connectivity index (χ2n) is 7.49. The Balaban J connectivity index is 1.89. The predicted octanol–water partition coefficient (Wildman–Crippen LogP) is 3.96. The van der Waals surface area contributed by atoms with Crippen LogP contribution in [-0.4, -0.2) is 28.2 Å². The minimum absolute atomic E-state index is 0.149. The summed E-state index contributed by atoms with van der Waals surface area (Å²) in [5.74, 6) is 1.34. The van der Waals surface area contributed by atoms with E-state index in [2.05, 4.69) is 23.8 Å². The molecule has 0 saturated carbocycles. The molecule has 0 saturated heterocycles. The molecule has 0 unspecified atom stereocenters. The van der Waals surface area contributed by atoms with Crippen molar-refractivity contribution in [2.75, 3.05) is 6.61 Å². The number of ether oxygens (including phenoxy) is 2. The average molecular weight is 401 g/mol. The van der Waals surface area contributed by atoms with Crippen LogP contribution >= 0.6 is 11.3 Å². The number of carbonyl (C=O) groups is 1.